The van der Waals surface area contributed by atoms with Gasteiger partial charge in [-0.3, -0.25) is 10.1 Å². The first kappa shape index (κ1) is 19.7. The monoisotopic (exact) mass is 427 g/mol. The van der Waals surface area contributed by atoms with Crippen molar-refractivity contribution < 1.29 is 9.59 Å². The predicted octanol–water partition coefficient (Wildman–Crippen LogP) is 5.34. The van der Waals surface area contributed by atoms with Crippen molar-refractivity contribution in [1.82, 2.24) is 15.0 Å². The Kier molecular flexibility index (Phi) is 5.96. The molecule has 0 spiro atoms. The van der Waals surface area contributed by atoms with E-state index in [0.717, 1.165) is 40.6 Å². The molecule has 9 heteroatoms. The van der Waals surface area contributed by atoms with E-state index in [0.29, 0.717) is 16.4 Å². The number of nitrogens with zero attached hydrogens (tertiary/aromatic N) is 2. The van der Waals surface area contributed by atoms with Crippen LogP contribution < -0.4 is 10.6 Å². The van der Waals surface area contributed by atoms with E-state index in [2.05, 4.69) is 25.6 Å². The molecule has 7 nitrogen and oxygen atoms in total. The van der Waals surface area contributed by atoms with Gasteiger partial charge < -0.3 is 10.3 Å². The minimum atomic E-state index is -0.418. The number of anilines is 2. The van der Waals surface area contributed by atoms with Gasteiger partial charge in [-0.25, -0.2) is 14.8 Å². The molecule has 3 N–H and O–H groups in total. The van der Waals surface area contributed by atoms with Crippen molar-refractivity contribution >= 4 is 45.7 Å². The fraction of sp³-hybridized carbons (Fsp3) is 0.300. The molecule has 0 bridgehead atoms. The summed E-state index contributed by atoms with van der Waals surface area (Å²) in [6, 6.07) is 5.12. The number of ketones is 1. The SMILES string of the molecule is Cc1ccc(NC(=O)Nc2ncc(Sc3ncc[nH]3)s2)c(C(=O)C2CCCC2)c1. The van der Waals surface area contributed by atoms with Crippen molar-refractivity contribution in [1.29, 1.82) is 0 Å². The van der Waals surface area contributed by atoms with Crippen molar-refractivity contribution in [2.24, 2.45) is 5.92 Å². The molecule has 1 saturated carbocycles. The van der Waals surface area contributed by atoms with Crippen molar-refractivity contribution in [3.8, 4) is 0 Å². The van der Waals surface area contributed by atoms with Crippen LogP contribution in [0.1, 0.15) is 41.6 Å². The average Bonchev–Trinajstić information content (AvgIpc) is 3.46. The number of amides is 2. The third-order valence-electron chi connectivity index (χ3n) is 4.79. The number of urea groups is 1. The number of aryl methyl sites for hydroxylation is 1. The van der Waals surface area contributed by atoms with Crippen molar-refractivity contribution in [2.45, 2.75) is 42.0 Å². The molecule has 0 radical (unpaired) electrons. The van der Waals surface area contributed by atoms with E-state index in [1.807, 2.05) is 19.1 Å². The van der Waals surface area contributed by atoms with Gasteiger partial charge in [0, 0.05) is 23.9 Å². The second-order valence-corrected chi connectivity index (χ2v) is 9.27. The lowest BCUT2D eigenvalue weighted by molar-refractivity contribution is 0.0923. The van der Waals surface area contributed by atoms with E-state index < -0.39 is 6.03 Å². The normalized spacial score (nSPS) is 14.1. The molecule has 0 saturated heterocycles. The topological polar surface area (TPSA) is 99.8 Å². The largest absolute Gasteiger partial charge is 0.339 e. The lowest BCUT2D eigenvalue weighted by atomic mass is 9.94. The first-order chi connectivity index (χ1) is 14.1. The summed E-state index contributed by atoms with van der Waals surface area (Å²) in [5.41, 5.74) is 2.11. The molecule has 3 aromatic rings. The highest BCUT2D eigenvalue weighted by molar-refractivity contribution is 8.01. The zero-order chi connectivity index (χ0) is 20.2. The summed E-state index contributed by atoms with van der Waals surface area (Å²) in [7, 11) is 0. The highest BCUT2D eigenvalue weighted by Gasteiger charge is 2.26. The summed E-state index contributed by atoms with van der Waals surface area (Å²) in [5, 5.41) is 6.80. The van der Waals surface area contributed by atoms with Crippen LogP contribution in [0, 0.1) is 12.8 Å². The average molecular weight is 428 g/mol. The number of rotatable bonds is 6. The molecular formula is C20H21N5O2S2. The Labute approximate surface area is 176 Å². The second kappa shape index (κ2) is 8.79. The molecule has 0 atom stereocenters. The molecule has 0 aliphatic heterocycles. The van der Waals surface area contributed by atoms with E-state index in [1.54, 1.807) is 24.7 Å². The molecule has 1 aromatic carbocycles. The van der Waals surface area contributed by atoms with Crippen LogP contribution in [0.15, 0.2) is 46.2 Å². The molecular weight excluding hydrogens is 406 g/mol. The molecule has 150 valence electrons. The molecule has 1 aliphatic rings. The van der Waals surface area contributed by atoms with Crippen molar-refractivity contribution in [3.63, 3.8) is 0 Å². The predicted molar refractivity (Wildman–Crippen MR) is 115 cm³/mol. The third-order valence-corrected chi connectivity index (χ3v) is 6.72. The lowest BCUT2D eigenvalue weighted by Gasteiger charge is -2.14. The number of imidazole rings is 1. The number of H-pyrrole nitrogens is 1. The standard InChI is InChI=1S/C20H21N5O2S2/c1-12-6-7-15(14(10-12)17(26)13-4-2-3-5-13)24-18(27)25-20-23-11-16(29-20)28-19-21-8-9-22-19/h6-11,13H,2-5H2,1H3,(H,21,22)(H2,23,24,25,27). The Morgan fingerprint density at radius 1 is 1.21 bits per heavy atom. The van der Waals surface area contributed by atoms with Crippen molar-refractivity contribution in [3.05, 3.63) is 47.9 Å². The number of thiazole rings is 1. The van der Waals surface area contributed by atoms with Gasteiger partial charge >= 0.3 is 6.03 Å². The van der Waals surface area contributed by atoms with E-state index in [4.69, 9.17) is 0 Å². The van der Waals surface area contributed by atoms with Gasteiger partial charge in [0.05, 0.1) is 16.1 Å². The Bertz CT molecular complexity index is 1010. The van der Waals surface area contributed by atoms with Crippen LogP contribution in [-0.2, 0) is 0 Å². The summed E-state index contributed by atoms with van der Waals surface area (Å²) in [6.45, 7) is 1.95. The number of aromatic amines is 1. The first-order valence-corrected chi connectivity index (χ1v) is 11.1. The van der Waals surface area contributed by atoms with Crippen LogP contribution in [-0.4, -0.2) is 26.8 Å². The second-order valence-electron chi connectivity index (χ2n) is 6.95. The molecule has 1 fully saturated rings. The highest BCUT2D eigenvalue weighted by atomic mass is 32.2. The smallest absolute Gasteiger partial charge is 0.325 e. The lowest BCUT2D eigenvalue weighted by Crippen LogP contribution is -2.22. The minimum Gasteiger partial charge on any atom is -0.339 e. The number of aromatic nitrogens is 3. The van der Waals surface area contributed by atoms with Crippen LogP contribution >= 0.6 is 23.1 Å². The molecule has 29 heavy (non-hydrogen) atoms. The number of carbonyl (C=O) groups excluding carboxylic acids is 2. The van der Waals surface area contributed by atoms with E-state index in [9.17, 15) is 9.59 Å². The molecule has 2 heterocycles. The number of nitrogens with one attached hydrogen (secondary N) is 3. The number of hydrogen-bond donors (Lipinski definition) is 3. The summed E-state index contributed by atoms with van der Waals surface area (Å²) in [5.74, 6) is 0.174. The van der Waals surface area contributed by atoms with E-state index in [-0.39, 0.29) is 11.7 Å². The quantitative estimate of drug-likeness (QED) is 0.461. The van der Waals surface area contributed by atoms with Gasteiger partial charge in [-0.2, -0.15) is 0 Å². The fourth-order valence-electron chi connectivity index (χ4n) is 3.40. The summed E-state index contributed by atoms with van der Waals surface area (Å²) in [4.78, 5) is 36.8. The number of carbonyl (C=O) groups is 2. The summed E-state index contributed by atoms with van der Waals surface area (Å²) in [6.07, 6.45) is 9.15. The molecule has 2 amide bonds. The highest BCUT2D eigenvalue weighted by Crippen LogP contribution is 2.33. The van der Waals surface area contributed by atoms with Gasteiger partial charge in [0.25, 0.3) is 0 Å². The molecule has 1 aliphatic carbocycles. The zero-order valence-electron chi connectivity index (χ0n) is 15.9. The summed E-state index contributed by atoms with van der Waals surface area (Å²) < 4.78 is 0.905. The maximum absolute atomic E-state index is 12.9. The molecule has 4 rings (SSSR count). The van der Waals surface area contributed by atoms with Gasteiger partial charge in [0.1, 0.15) is 0 Å². The van der Waals surface area contributed by atoms with Crippen molar-refractivity contribution in [2.75, 3.05) is 10.6 Å². The number of benzene rings is 1. The molecule has 0 unspecified atom stereocenters. The van der Waals surface area contributed by atoms with Crippen LogP contribution in [0.3, 0.4) is 0 Å². The maximum atomic E-state index is 12.9. The number of Topliss-reactive ketones (excluding diaryl/α,β-unsaturated/α-hetero) is 1. The van der Waals surface area contributed by atoms with Crippen LogP contribution in [0.25, 0.3) is 0 Å². The number of hydrogen-bond acceptors (Lipinski definition) is 6. The fourth-order valence-corrected chi connectivity index (χ4v) is 5.12. The minimum absolute atomic E-state index is 0.0561. The Hall–Kier alpha value is -2.65. The van der Waals surface area contributed by atoms with Crippen LogP contribution in [0.4, 0.5) is 15.6 Å². The van der Waals surface area contributed by atoms with Gasteiger partial charge in [-0.15, -0.1) is 0 Å². The Morgan fingerprint density at radius 3 is 2.79 bits per heavy atom. The summed E-state index contributed by atoms with van der Waals surface area (Å²) >= 11 is 2.80. The van der Waals surface area contributed by atoms with Gasteiger partial charge in [0.15, 0.2) is 16.1 Å². The van der Waals surface area contributed by atoms with E-state index in [1.165, 1.54) is 23.1 Å². The van der Waals surface area contributed by atoms with Gasteiger partial charge in [0.2, 0.25) is 0 Å². The van der Waals surface area contributed by atoms with Gasteiger partial charge in [-0.1, -0.05) is 35.8 Å². The van der Waals surface area contributed by atoms with Crippen LogP contribution in [0.5, 0.6) is 0 Å². The molecule has 2 aromatic heterocycles. The Balaban J connectivity index is 1.43. The van der Waals surface area contributed by atoms with Crippen LogP contribution in [0.2, 0.25) is 0 Å². The maximum Gasteiger partial charge on any atom is 0.325 e. The first-order valence-electron chi connectivity index (χ1n) is 9.44. The van der Waals surface area contributed by atoms with Gasteiger partial charge in [-0.05, 0) is 43.7 Å². The third kappa shape index (κ3) is 4.86. The van der Waals surface area contributed by atoms with E-state index >= 15 is 0 Å². The Morgan fingerprint density at radius 2 is 2.03 bits per heavy atom. The zero-order valence-corrected chi connectivity index (χ0v) is 17.5.